The van der Waals surface area contributed by atoms with E-state index in [0.717, 1.165) is 24.0 Å². The summed E-state index contributed by atoms with van der Waals surface area (Å²) < 4.78 is 0. The van der Waals surface area contributed by atoms with Crippen molar-refractivity contribution >= 4 is 0 Å². The molecule has 0 radical (unpaired) electrons. The summed E-state index contributed by atoms with van der Waals surface area (Å²) in [6, 6.07) is 5.38. The van der Waals surface area contributed by atoms with Crippen molar-refractivity contribution in [3.63, 3.8) is 0 Å². The largest absolute Gasteiger partial charge is 0.508 e. The van der Waals surface area contributed by atoms with E-state index in [2.05, 4.69) is 0 Å². The van der Waals surface area contributed by atoms with Crippen molar-refractivity contribution in [3.05, 3.63) is 29.3 Å². The van der Waals surface area contributed by atoms with Gasteiger partial charge in [-0.3, -0.25) is 0 Å². The highest BCUT2D eigenvalue weighted by Gasteiger charge is 2.22. The fourth-order valence-electron chi connectivity index (χ4n) is 1.64. The highest BCUT2D eigenvalue weighted by atomic mass is 16.3. The van der Waals surface area contributed by atoms with Gasteiger partial charge in [0.05, 0.1) is 6.10 Å². The molecule has 0 bridgehead atoms. The van der Waals surface area contributed by atoms with Crippen molar-refractivity contribution in [1.29, 1.82) is 0 Å². The van der Waals surface area contributed by atoms with Crippen molar-refractivity contribution < 1.29 is 10.2 Å². The molecule has 1 aliphatic rings. The van der Waals surface area contributed by atoms with Crippen LogP contribution in [0.25, 0.3) is 0 Å². The van der Waals surface area contributed by atoms with Gasteiger partial charge in [-0.15, -0.1) is 0 Å². The third kappa shape index (κ3) is 0.906. The number of phenols is 1. The molecule has 2 rings (SSSR count). The third-order valence-electron chi connectivity index (χ3n) is 2.19. The Balaban J connectivity index is 2.58. The SMILES string of the molecule is Oc1cccc2c1C(O)CC2. The van der Waals surface area contributed by atoms with Gasteiger partial charge < -0.3 is 10.2 Å². The molecule has 0 heterocycles. The number of hydrogen-bond donors (Lipinski definition) is 2. The first-order valence-electron chi connectivity index (χ1n) is 3.78. The zero-order valence-electron chi connectivity index (χ0n) is 6.12. The van der Waals surface area contributed by atoms with Gasteiger partial charge in [-0.05, 0) is 24.5 Å². The highest BCUT2D eigenvalue weighted by molar-refractivity contribution is 5.43. The Bertz CT molecular complexity index is 281. The van der Waals surface area contributed by atoms with E-state index >= 15 is 0 Å². The number of benzene rings is 1. The predicted octanol–water partition coefficient (Wildman–Crippen LogP) is 1.37. The molecule has 2 nitrogen and oxygen atoms in total. The molecule has 0 aromatic heterocycles. The number of aliphatic hydroxyl groups excluding tert-OH is 1. The van der Waals surface area contributed by atoms with Crippen LogP contribution in [-0.4, -0.2) is 10.2 Å². The summed E-state index contributed by atoms with van der Waals surface area (Å²) in [7, 11) is 0. The molecule has 11 heavy (non-hydrogen) atoms. The van der Waals surface area contributed by atoms with Crippen LogP contribution in [0.5, 0.6) is 5.75 Å². The zero-order valence-corrected chi connectivity index (χ0v) is 6.12. The second-order valence-electron chi connectivity index (χ2n) is 2.90. The molecule has 1 aliphatic carbocycles. The maximum atomic E-state index is 9.40. The molecule has 0 spiro atoms. The molecule has 1 aromatic rings. The summed E-state index contributed by atoms with van der Waals surface area (Å²) in [4.78, 5) is 0. The number of fused-ring (bicyclic) bond motifs is 1. The van der Waals surface area contributed by atoms with Crippen LogP contribution in [0, 0.1) is 0 Å². The number of hydrogen-bond acceptors (Lipinski definition) is 2. The van der Waals surface area contributed by atoms with Crippen LogP contribution in [0.1, 0.15) is 23.7 Å². The molecule has 2 N–H and O–H groups in total. The molecular formula is C9H10O2. The number of aliphatic hydroxyl groups is 1. The normalized spacial score (nSPS) is 21.7. The van der Waals surface area contributed by atoms with Crippen LogP contribution in [-0.2, 0) is 6.42 Å². The van der Waals surface area contributed by atoms with E-state index in [1.807, 2.05) is 12.1 Å². The van der Waals surface area contributed by atoms with E-state index in [4.69, 9.17) is 0 Å². The first-order chi connectivity index (χ1) is 5.29. The first-order valence-corrected chi connectivity index (χ1v) is 3.78. The molecule has 0 saturated heterocycles. The monoisotopic (exact) mass is 150 g/mol. The van der Waals surface area contributed by atoms with Crippen LogP contribution in [0.3, 0.4) is 0 Å². The Morgan fingerprint density at radius 2 is 2.18 bits per heavy atom. The van der Waals surface area contributed by atoms with Gasteiger partial charge in [-0.1, -0.05) is 12.1 Å². The first kappa shape index (κ1) is 6.68. The van der Waals surface area contributed by atoms with Gasteiger partial charge in [0, 0.05) is 5.56 Å². The lowest BCUT2D eigenvalue weighted by Gasteiger charge is -2.04. The number of aryl methyl sites for hydroxylation is 1. The van der Waals surface area contributed by atoms with Gasteiger partial charge in [0.1, 0.15) is 5.75 Å². The minimum absolute atomic E-state index is 0.229. The molecule has 0 saturated carbocycles. The summed E-state index contributed by atoms with van der Waals surface area (Å²) in [5.74, 6) is 0.229. The molecular weight excluding hydrogens is 140 g/mol. The molecule has 1 atom stereocenters. The maximum absolute atomic E-state index is 9.40. The average molecular weight is 150 g/mol. The van der Waals surface area contributed by atoms with E-state index in [9.17, 15) is 10.2 Å². The number of rotatable bonds is 0. The third-order valence-corrected chi connectivity index (χ3v) is 2.19. The minimum Gasteiger partial charge on any atom is -0.508 e. The number of phenolic OH excluding ortho intramolecular Hbond substituents is 1. The van der Waals surface area contributed by atoms with E-state index in [1.165, 1.54) is 0 Å². The van der Waals surface area contributed by atoms with E-state index < -0.39 is 6.10 Å². The second-order valence-corrected chi connectivity index (χ2v) is 2.90. The molecule has 0 amide bonds. The zero-order chi connectivity index (χ0) is 7.84. The summed E-state index contributed by atoms with van der Waals surface area (Å²) in [6.45, 7) is 0. The van der Waals surface area contributed by atoms with E-state index in [-0.39, 0.29) is 5.75 Å². The van der Waals surface area contributed by atoms with Crippen LogP contribution in [0.15, 0.2) is 18.2 Å². The van der Waals surface area contributed by atoms with Gasteiger partial charge in [0.2, 0.25) is 0 Å². The van der Waals surface area contributed by atoms with Crippen LogP contribution in [0.4, 0.5) is 0 Å². The van der Waals surface area contributed by atoms with Crippen molar-refractivity contribution in [2.75, 3.05) is 0 Å². The van der Waals surface area contributed by atoms with Crippen LogP contribution in [0.2, 0.25) is 0 Å². The van der Waals surface area contributed by atoms with Gasteiger partial charge in [-0.25, -0.2) is 0 Å². The Kier molecular flexibility index (Phi) is 1.36. The summed E-state index contributed by atoms with van der Waals surface area (Å²) in [5.41, 5.74) is 1.81. The molecule has 2 heteroatoms. The topological polar surface area (TPSA) is 40.5 Å². The molecule has 0 aliphatic heterocycles. The minimum atomic E-state index is -0.453. The van der Waals surface area contributed by atoms with Gasteiger partial charge in [0.25, 0.3) is 0 Å². The Morgan fingerprint density at radius 3 is 2.91 bits per heavy atom. The smallest absolute Gasteiger partial charge is 0.121 e. The lowest BCUT2D eigenvalue weighted by molar-refractivity contribution is 0.176. The van der Waals surface area contributed by atoms with Gasteiger partial charge in [-0.2, -0.15) is 0 Å². The van der Waals surface area contributed by atoms with Crippen LogP contribution >= 0.6 is 0 Å². The van der Waals surface area contributed by atoms with Crippen molar-refractivity contribution in [2.45, 2.75) is 18.9 Å². The van der Waals surface area contributed by atoms with Crippen LogP contribution < -0.4 is 0 Å². The second kappa shape index (κ2) is 2.24. The average Bonchev–Trinajstić information content (AvgIpc) is 2.34. The van der Waals surface area contributed by atoms with E-state index in [1.54, 1.807) is 6.07 Å². The summed E-state index contributed by atoms with van der Waals surface area (Å²) in [5, 5.41) is 18.7. The van der Waals surface area contributed by atoms with Gasteiger partial charge >= 0.3 is 0 Å². The molecule has 58 valence electrons. The summed E-state index contributed by atoms with van der Waals surface area (Å²) in [6.07, 6.45) is 1.17. The molecule has 1 unspecified atom stereocenters. The summed E-state index contributed by atoms with van der Waals surface area (Å²) >= 11 is 0. The standard InChI is InChI=1S/C9H10O2/c10-7-3-1-2-6-4-5-8(11)9(6)7/h1-3,8,10-11H,4-5H2. The lowest BCUT2D eigenvalue weighted by atomic mass is 10.1. The maximum Gasteiger partial charge on any atom is 0.121 e. The van der Waals surface area contributed by atoms with Crippen molar-refractivity contribution in [1.82, 2.24) is 0 Å². The Hall–Kier alpha value is -1.02. The highest BCUT2D eigenvalue weighted by Crippen LogP contribution is 2.36. The molecule has 0 fully saturated rings. The Labute approximate surface area is 65.1 Å². The fraction of sp³-hybridized carbons (Fsp3) is 0.333. The van der Waals surface area contributed by atoms with Crippen molar-refractivity contribution in [3.8, 4) is 5.75 Å². The predicted molar refractivity (Wildman–Crippen MR) is 41.4 cm³/mol. The fourth-order valence-corrected chi connectivity index (χ4v) is 1.64. The quantitative estimate of drug-likeness (QED) is 0.586. The lowest BCUT2D eigenvalue weighted by Crippen LogP contribution is -1.89. The molecule has 1 aromatic carbocycles. The van der Waals surface area contributed by atoms with E-state index in [0.29, 0.717) is 0 Å². The van der Waals surface area contributed by atoms with Gasteiger partial charge in [0.15, 0.2) is 0 Å². The van der Waals surface area contributed by atoms with Crippen molar-refractivity contribution in [2.24, 2.45) is 0 Å². The Morgan fingerprint density at radius 1 is 1.36 bits per heavy atom. The number of aromatic hydroxyl groups is 1.